The maximum absolute atomic E-state index is 12.7. The second kappa shape index (κ2) is 7.91. The van der Waals surface area contributed by atoms with E-state index in [0.717, 1.165) is 0 Å². The third-order valence-corrected chi connectivity index (χ3v) is 4.42. The quantitative estimate of drug-likeness (QED) is 0.721. The molecule has 3 rings (SSSR count). The molecule has 0 spiro atoms. The molecule has 3 heterocycles. The summed E-state index contributed by atoms with van der Waals surface area (Å²) in [6.45, 7) is 3.94. The van der Waals surface area contributed by atoms with Gasteiger partial charge in [0.25, 0.3) is 0 Å². The van der Waals surface area contributed by atoms with Crippen LogP contribution in [0, 0.1) is 0 Å². The van der Waals surface area contributed by atoms with Crippen molar-refractivity contribution < 1.29 is 14.3 Å². The first-order chi connectivity index (χ1) is 11.6. The molecule has 2 amide bonds. The summed E-state index contributed by atoms with van der Waals surface area (Å²) in [6.07, 6.45) is 0.680. The number of hydrogen-bond acceptors (Lipinski definition) is 6. The van der Waals surface area contributed by atoms with Crippen LogP contribution < -0.4 is 5.32 Å². The van der Waals surface area contributed by atoms with Crippen LogP contribution in [0.2, 0.25) is 5.28 Å². The summed E-state index contributed by atoms with van der Waals surface area (Å²) in [7, 11) is 0. The van der Waals surface area contributed by atoms with Crippen molar-refractivity contribution in [3.05, 3.63) is 11.1 Å². The number of ether oxygens (including phenoxy) is 1. The van der Waals surface area contributed by atoms with Crippen molar-refractivity contribution in [2.24, 2.45) is 0 Å². The minimum absolute atomic E-state index is 0.0124. The zero-order chi connectivity index (χ0) is 16.9. The van der Waals surface area contributed by atoms with E-state index in [1.165, 1.54) is 0 Å². The Morgan fingerprint density at radius 3 is 2.79 bits per heavy atom. The standard InChI is InChI=1S/C14H21ClN6O3/c15-14-17-11(18-19-14)1-2-12(22)21-4-3-16-9-10(21)13(23)20-5-7-24-8-6-20/h10,16H,1-9H2,(H,17,18,19)/t10-/m1/s1. The molecule has 2 fully saturated rings. The van der Waals surface area contributed by atoms with Crippen LogP contribution in [-0.4, -0.2) is 88.8 Å². The summed E-state index contributed by atoms with van der Waals surface area (Å²) >= 11 is 5.66. The molecule has 9 nitrogen and oxygen atoms in total. The second-order valence-electron chi connectivity index (χ2n) is 5.80. The number of hydrogen-bond donors (Lipinski definition) is 2. The van der Waals surface area contributed by atoms with Gasteiger partial charge in [0.1, 0.15) is 11.9 Å². The zero-order valence-corrected chi connectivity index (χ0v) is 14.1. The van der Waals surface area contributed by atoms with Crippen molar-refractivity contribution in [1.82, 2.24) is 30.3 Å². The Morgan fingerprint density at radius 2 is 2.08 bits per heavy atom. The highest BCUT2D eigenvalue weighted by Gasteiger charge is 2.35. The molecule has 2 aliphatic heterocycles. The van der Waals surface area contributed by atoms with Gasteiger partial charge in [-0.3, -0.25) is 14.7 Å². The van der Waals surface area contributed by atoms with Gasteiger partial charge >= 0.3 is 0 Å². The lowest BCUT2D eigenvalue weighted by atomic mass is 10.1. The topological polar surface area (TPSA) is 103 Å². The highest BCUT2D eigenvalue weighted by Crippen LogP contribution is 2.12. The molecule has 0 radical (unpaired) electrons. The van der Waals surface area contributed by atoms with Crippen LogP contribution in [-0.2, 0) is 20.7 Å². The molecule has 0 aliphatic carbocycles. The van der Waals surface area contributed by atoms with Crippen LogP contribution in [0.4, 0.5) is 0 Å². The molecule has 2 aliphatic rings. The number of halogens is 1. The Kier molecular flexibility index (Phi) is 5.64. The number of aromatic amines is 1. The van der Waals surface area contributed by atoms with Crippen molar-refractivity contribution in [2.45, 2.75) is 18.9 Å². The van der Waals surface area contributed by atoms with Crippen molar-refractivity contribution in [1.29, 1.82) is 0 Å². The van der Waals surface area contributed by atoms with Gasteiger partial charge in [-0.25, -0.2) is 4.98 Å². The van der Waals surface area contributed by atoms with Gasteiger partial charge in [0, 0.05) is 45.6 Å². The monoisotopic (exact) mass is 356 g/mol. The van der Waals surface area contributed by atoms with Crippen LogP contribution in [0.25, 0.3) is 0 Å². The first-order valence-electron chi connectivity index (χ1n) is 8.08. The van der Waals surface area contributed by atoms with E-state index in [1.54, 1.807) is 9.80 Å². The first kappa shape index (κ1) is 17.1. The Hall–Kier alpha value is -1.71. The van der Waals surface area contributed by atoms with Crippen molar-refractivity contribution in [3.8, 4) is 0 Å². The number of piperazine rings is 1. The van der Waals surface area contributed by atoms with Gasteiger partial charge in [0.05, 0.1) is 13.2 Å². The molecule has 1 aromatic rings. The van der Waals surface area contributed by atoms with Gasteiger partial charge in [-0.05, 0) is 11.6 Å². The number of H-pyrrole nitrogens is 1. The van der Waals surface area contributed by atoms with E-state index >= 15 is 0 Å². The molecule has 24 heavy (non-hydrogen) atoms. The molecule has 0 aromatic carbocycles. The molecule has 132 valence electrons. The largest absolute Gasteiger partial charge is 0.378 e. The second-order valence-corrected chi connectivity index (χ2v) is 6.13. The van der Waals surface area contributed by atoms with E-state index in [-0.39, 0.29) is 23.5 Å². The molecule has 1 aromatic heterocycles. The highest BCUT2D eigenvalue weighted by molar-refractivity contribution is 6.28. The molecular formula is C14H21ClN6O3. The molecule has 0 unspecified atom stereocenters. The van der Waals surface area contributed by atoms with Crippen molar-refractivity contribution in [2.75, 3.05) is 45.9 Å². The van der Waals surface area contributed by atoms with E-state index in [1.807, 2.05) is 0 Å². The molecule has 2 N–H and O–H groups in total. The fourth-order valence-corrected chi connectivity index (χ4v) is 3.11. The first-order valence-corrected chi connectivity index (χ1v) is 8.46. The zero-order valence-electron chi connectivity index (χ0n) is 13.3. The smallest absolute Gasteiger partial charge is 0.246 e. The summed E-state index contributed by atoms with van der Waals surface area (Å²) in [4.78, 5) is 32.7. The summed E-state index contributed by atoms with van der Waals surface area (Å²) in [5, 5.41) is 9.75. The van der Waals surface area contributed by atoms with Gasteiger partial charge in [-0.1, -0.05) is 0 Å². The fraction of sp³-hybridized carbons (Fsp3) is 0.714. The molecular weight excluding hydrogens is 336 g/mol. The predicted molar refractivity (Wildman–Crippen MR) is 85.5 cm³/mol. The normalized spacial score (nSPS) is 21.8. The third-order valence-electron chi connectivity index (χ3n) is 4.25. The lowest BCUT2D eigenvalue weighted by molar-refractivity contribution is -0.149. The number of amides is 2. The van der Waals surface area contributed by atoms with Gasteiger partial charge in [0.2, 0.25) is 17.1 Å². The van der Waals surface area contributed by atoms with Crippen LogP contribution in [0.1, 0.15) is 12.2 Å². The van der Waals surface area contributed by atoms with E-state index in [9.17, 15) is 9.59 Å². The minimum Gasteiger partial charge on any atom is -0.378 e. The Balaban J connectivity index is 1.60. The molecule has 0 bridgehead atoms. The fourth-order valence-electron chi connectivity index (χ4n) is 2.97. The van der Waals surface area contributed by atoms with Crippen molar-refractivity contribution in [3.63, 3.8) is 0 Å². The van der Waals surface area contributed by atoms with Crippen LogP contribution >= 0.6 is 11.6 Å². The van der Waals surface area contributed by atoms with Crippen molar-refractivity contribution >= 4 is 23.4 Å². The average molecular weight is 357 g/mol. The number of aryl methyl sites for hydroxylation is 1. The Labute approximate surface area is 144 Å². The number of aromatic nitrogens is 3. The SMILES string of the molecule is O=C([C@H]1CNCCN1C(=O)CCc1nc(Cl)n[nH]1)N1CCOCC1. The Bertz CT molecular complexity index is 589. The highest BCUT2D eigenvalue weighted by atomic mass is 35.5. The lowest BCUT2D eigenvalue weighted by Gasteiger charge is -2.39. The number of rotatable bonds is 4. The number of nitrogens with one attached hydrogen (secondary N) is 2. The van der Waals surface area contributed by atoms with Gasteiger partial charge in [0.15, 0.2) is 0 Å². The molecule has 0 saturated carbocycles. The predicted octanol–water partition coefficient (Wildman–Crippen LogP) is -0.950. The number of carbonyl (C=O) groups excluding carboxylic acids is 2. The third kappa shape index (κ3) is 4.03. The number of nitrogens with zero attached hydrogens (tertiary/aromatic N) is 4. The summed E-state index contributed by atoms with van der Waals surface area (Å²) in [5.41, 5.74) is 0. The molecule has 1 atom stereocenters. The summed E-state index contributed by atoms with van der Waals surface area (Å²) in [5.74, 6) is 0.497. The van der Waals surface area contributed by atoms with Crippen LogP contribution in [0.3, 0.4) is 0 Å². The maximum Gasteiger partial charge on any atom is 0.246 e. The van der Waals surface area contributed by atoms with E-state index < -0.39 is 6.04 Å². The molecule has 2 saturated heterocycles. The van der Waals surface area contributed by atoms with E-state index in [0.29, 0.717) is 58.2 Å². The molecule has 10 heteroatoms. The van der Waals surface area contributed by atoms with E-state index in [2.05, 4.69) is 20.5 Å². The summed E-state index contributed by atoms with van der Waals surface area (Å²) in [6, 6.07) is -0.456. The minimum atomic E-state index is -0.456. The number of morpholine rings is 1. The van der Waals surface area contributed by atoms with Crippen LogP contribution in [0.5, 0.6) is 0 Å². The van der Waals surface area contributed by atoms with Gasteiger partial charge in [-0.2, -0.15) is 0 Å². The van der Waals surface area contributed by atoms with Crippen LogP contribution in [0.15, 0.2) is 0 Å². The summed E-state index contributed by atoms with van der Waals surface area (Å²) < 4.78 is 5.28. The van der Waals surface area contributed by atoms with Gasteiger partial charge in [-0.15, -0.1) is 5.10 Å². The number of carbonyl (C=O) groups is 2. The van der Waals surface area contributed by atoms with Gasteiger partial charge < -0.3 is 19.9 Å². The lowest BCUT2D eigenvalue weighted by Crippen LogP contribution is -2.61. The van der Waals surface area contributed by atoms with E-state index in [4.69, 9.17) is 16.3 Å². The Morgan fingerprint density at radius 1 is 1.29 bits per heavy atom. The average Bonchev–Trinajstić information content (AvgIpc) is 3.05. The maximum atomic E-state index is 12.7.